The Morgan fingerprint density at radius 2 is 2.04 bits per heavy atom. The lowest BCUT2D eigenvalue weighted by atomic mass is 10.1. The summed E-state index contributed by atoms with van der Waals surface area (Å²) < 4.78 is 14.8. The molecule has 2 aromatic heterocycles. The van der Waals surface area contributed by atoms with Gasteiger partial charge in [-0.25, -0.2) is 9.37 Å². The number of nitrogens with one attached hydrogen (secondary N) is 1. The molecule has 1 aliphatic carbocycles. The zero-order valence-electron chi connectivity index (χ0n) is 12.7. The fourth-order valence-electron chi connectivity index (χ4n) is 2.97. The van der Waals surface area contributed by atoms with Crippen molar-refractivity contribution < 1.29 is 9.18 Å². The summed E-state index contributed by atoms with van der Waals surface area (Å²) in [6.45, 7) is 0.380. The molecule has 24 heavy (non-hydrogen) atoms. The van der Waals surface area contributed by atoms with E-state index in [0.717, 1.165) is 23.3 Å². The van der Waals surface area contributed by atoms with Crippen LogP contribution in [-0.2, 0) is 11.3 Å². The van der Waals surface area contributed by atoms with Crippen molar-refractivity contribution in [3.8, 4) is 0 Å². The van der Waals surface area contributed by atoms with E-state index in [0.29, 0.717) is 11.6 Å². The van der Waals surface area contributed by atoms with Gasteiger partial charge in [0.2, 0.25) is 5.91 Å². The summed E-state index contributed by atoms with van der Waals surface area (Å²) in [5, 5.41) is 3.56. The van der Waals surface area contributed by atoms with Gasteiger partial charge < -0.3 is 9.72 Å². The van der Waals surface area contributed by atoms with E-state index in [1.54, 1.807) is 24.4 Å². The maximum atomic E-state index is 13.0. The number of hydrogen-bond donors (Lipinski definition) is 1. The van der Waals surface area contributed by atoms with Crippen LogP contribution < -0.4 is 5.32 Å². The van der Waals surface area contributed by atoms with Gasteiger partial charge in [-0.05, 0) is 42.2 Å². The predicted octanol–water partition coefficient (Wildman–Crippen LogP) is 3.55. The Kier molecular flexibility index (Phi) is 3.73. The molecule has 0 bridgehead atoms. The van der Waals surface area contributed by atoms with Crippen molar-refractivity contribution in [3.05, 3.63) is 70.9 Å². The third-order valence-corrected chi connectivity index (χ3v) is 4.56. The largest absolute Gasteiger partial charge is 0.350 e. The van der Waals surface area contributed by atoms with Crippen molar-refractivity contribution in [3.63, 3.8) is 0 Å². The highest BCUT2D eigenvalue weighted by atomic mass is 35.5. The number of rotatable bonds is 4. The number of benzene rings is 1. The molecule has 6 heteroatoms. The minimum absolute atomic E-state index is 0.0133. The van der Waals surface area contributed by atoms with Gasteiger partial charge in [0, 0.05) is 18.3 Å². The van der Waals surface area contributed by atoms with E-state index >= 15 is 0 Å². The molecule has 1 fully saturated rings. The average molecular weight is 344 g/mol. The Morgan fingerprint density at radius 3 is 2.83 bits per heavy atom. The molecule has 0 aliphatic heterocycles. The lowest BCUT2D eigenvalue weighted by Gasteiger charge is -2.03. The number of aromatic nitrogens is 2. The Balaban J connectivity index is 1.37. The molecule has 2 heterocycles. The summed E-state index contributed by atoms with van der Waals surface area (Å²) in [7, 11) is 0. The fourth-order valence-corrected chi connectivity index (χ4v) is 3.14. The highest BCUT2D eigenvalue weighted by molar-refractivity contribution is 6.30. The van der Waals surface area contributed by atoms with Gasteiger partial charge in [-0.15, -0.1) is 0 Å². The van der Waals surface area contributed by atoms with E-state index in [1.165, 1.54) is 12.1 Å². The number of halogens is 2. The van der Waals surface area contributed by atoms with Gasteiger partial charge in [-0.1, -0.05) is 23.7 Å². The second kappa shape index (κ2) is 5.91. The van der Waals surface area contributed by atoms with E-state index in [1.807, 2.05) is 16.7 Å². The Bertz CT molecular complexity index is 906. The SMILES string of the molecule is O=C(NCc1cn2cc(Cl)ccc2n1)C1CC1c1ccc(F)cc1. The molecule has 2 unspecified atom stereocenters. The van der Waals surface area contributed by atoms with Crippen molar-refractivity contribution in [2.24, 2.45) is 5.92 Å². The topological polar surface area (TPSA) is 46.4 Å². The van der Waals surface area contributed by atoms with Crippen LogP contribution in [0.25, 0.3) is 5.65 Å². The molecule has 0 spiro atoms. The van der Waals surface area contributed by atoms with Gasteiger partial charge in [0.05, 0.1) is 17.3 Å². The predicted molar refractivity (Wildman–Crippen MR) is 89.3 cm³/mol. The normalized spacial score (nSPS) is 19.4. The molecule has 3 aromatic rings. The first-order chi connectivity index (χ1) is 11.6. The Labute approximate surface area is 143 Å². The molecular weight excluding hydrogens is 329 g/mol. The summed E-state index contributed by atoms with van der Waals surface area (Å²) in [6, 6.07) is 9.98. The van der Waals surface area contributed by atoms with Crippen LogP contribution in [0.15, 0.2) is 48.8 Å². The molecule has 1 N–H and O–H groups in total. The Morgan fingerprint density at radius 1 is 1.25 bits per heavy atom. The maximum Gasteiger partial charge on any atom is 0.224 e. The van der Waals surface area contributed by atoms with Crippen molar-refractivity contribution in [1.29, 1.82) is 0 Å². The number of nitrogens with zero attached hydrogens (tertiary/aromatic N) is 2. The van der Waals surface area contributed by atoms with Crippen LogP contribution in [0.1, 0.15) is 23.6 Å². The number of hydrogen-bond acceptors (Lipinski definition) is 2. The van der Waals surface area contributed by atoms with Gasteiger partial charge in [-0.3, -0.25) is 4.79 Å². The van der Waals surface area contributed by atoms with Crippen LogP contribution in [0, 0.1) is 11.7 Å². The monoisotopic (exact) mass is 343 g/mol. The zero-order chi connectivity index (χ0) is 16.7. The van der Waals surface area contributed by atoms with E-state index in [9.17, 15) is 9.18 Å². The second-order valence-corrected chi connectivity index (χ2v) is 6.50. The quantitative estimate of drug-likeness (QED) is 0.787. The fraction of sp³-hybridized carbons (Fsp3) is 0.222. The molecule has 0 radical (unpaired) electrons. The molecule has 1 saturated carbocycles. The number of carbonyl (C=O) groups excluding carboxylic acids is 1. The lowest BCUT2D eigenvalue weighted by molar-refractivity contribution is -0.122. The van der Waals surface area contributed by atoms with Crippen LogP contribution in [0.2, 0.25) is 5.02 Å². The molecule has 4 nitrogen and oxygen atoms in total. The molecule has 2 atom stereocenters. The summed E-state index contributed by atoms with van der Waals surface area (Å²) >= 11 is 5.95. The number of amides is 1. The van der Waals surface area contributed by atoms with Gasteiger partial charge >= 0.3 is 0 Å². The molecule has 4 rings (SSSR count). The number of imidazole rings is 1. The van der Waals surface area contributed by atoms with Crippen LogP contribution in [0.3, 0.4) is 0 Å². The standard InChI is InChI=1S/C18H15ClFN3O/c19-12-3-6-17-22-14(10-23(17)9-12)8-21-18(24)16-7-15(16)11-1-4-13(20)5-2-11/h1-6,9-10,15-16H,7-8H2,(H,21,24). The first-order valence-electron chi connectivity index (χ1n) is 7.76. The van der Waals surface area contributed by atoms with Gasteiger partial charge in [-0.2, -0.15) is 0 Å². The smallest absolute Gasteiger partial charge is 0.224 e. The van der Waals surface area contributed by atoms with E-state index in [4.69, 9.17) is 11.6 Å². The summed E-state index contributed by atoms with van der Waals surface area (Å²) in [5.74, 6) is -0.0980. The van der Waals surface area contributed by atoms with E-state index < -0.39 is 0 Å². The highest BCUT2D eigenvalue weighted by Crippen LogP contribution is 2.47. The summed E-state index contributed by atoms with van der Waals surface area (Å²) in [5.41, 5.74) is 2.59. The molecule has 1 aromatic carbocycles. The highest BCUT2D eigenvalue weighted by Gasteiger charge is 2.43. The first-order valence-corrected chi connectivity index (χ1v) is 8.14. The van der Waals surface area contributed by atoms with Crippen molar-refractivity contribution in [2.45, 2.75) is 18.9 Å². The number of fused-ring (bicyclic) bond motifs is 1. The second-order valence-electron chi connectivity index (χ2n) is 6.06. The third kappa shape index (κ3) is 2.99. The molecule has 0 saturated heterocycles. The number of pyridine rings is 1. The summed E-state index contributed by atoms with van der Waals surface area (Å²) in [6.07, 6.45) is 4.44. The van der Waals surface area contributed by atoms with Gasteiger partial charge in [0.25, 0.3) is 0 Å². The molecule has 1 amide bonds. The van der Waals surface area contributed by atoms with Gasteiger partial charge in [0.15, 0.2) is 0 Å². The minimum Gasteiger partial charge on any atom is -0.350 e. The molecule has 1 aliphatic rings. The molecule has 122 valence electrons. The summed E-state index contributed by atoms with van der Waals surface area (Å²) in [4.78, 5) is 16.7. The third-order valence-electron chi connectivity index (χ3n) is 4.33. The maximum absolute atomic E-state index is 13.0. The van der Waals surface area contributed by atoms with E-state index in [2.05, 4.69) is 10.3 Å². The van der Waals surface area contributed by atoms with Crippen molar-refractivity contribution >= 4 is 23.2 Å². The van der Waals surface area contributed by atoms with Gasteiger partial charge in [0.1, 0.15) is 11.5 Å². The first kappa shape index (κ1) is 15.1. The van der Waals surface area contributed by atoms with Crippen LogP contribution in [-0.4, -0.2) is 15.3 Å². The average Bonchev–Trinajstić information content (AvgIpc) is 3.26. The van der Waals surface area contributed by atoms with E-state index in [-0.39, 0.29) is 23.6 Å². The van der Waals surface area contributed by atoms with Crippen LogP contribution in [0.4, 0.5) is 4.39 Å². The molecular formula is C18H15ClFN3O. The van der Waals surface area contributed by atoms with Crippen molar-refractivity contribution in [1.82, 2.24) is 14.7 Å². The van der Waals surface area contributed by atoms with Crippen LogP contribution >= 0.6 is 11.6 Å². The van der Waals surface area contributed by atoms with Crippen molar-refractivity contribution in [2.75, 3.05) is 0 Å². The Hall–Kier alpha value is -2.40. The lowest BCUT2D eigenvalue weighted by Crippen LogP contribution is -2.25. The van der Waals surface area contributed by atoms with Crippen LogP contribution in [0.5, 0.6) is 0 Å². The minimum atomic E-state index is -0.257. The number of carbonyl (C=O) groups is 1. The zero-order valence-corrected chi connectivity index (χ0v) is 13.5.